The molecule has 0 saturated carbocycles. The van der Waals surface area contributed by atoms with Crippen molar-refractivity contribution in [2.75, 3.05) is 5.73 Å². The number of aromatic amines is 1. The maximum Gasteiger partial charge on any atom is 0.106 e. The van der Waals surface area contributed by atoms with Crippen LogP contribution in [0.4, 0.5) is 5.69 Å². The Hall–Kier alpha value is -4.48. The van der Waals surface area contributed by atoms with Crippen LogP contribution in [-0.2, 0) is 0 Å². The number of nitrogens with two attached hydrogens (primary N) is 1. The van der Waals surface area contributed by atoms with Crippen LogP contribution < -0.4 is 5.73 Å². The summed E-state index contributed by atoms with van der Waals surface area (Å²) in [6, 6.07) is 39.8. The predicted octanol–water partition coefficient (Wildman–Crippen LogP) is 7.93. The fourth-order valence-electron chi connectivity index (χ4n) is 4.43. The molecular weight excluding hydrogens is 448 g/mol. The summed E-state index contributed by atoms with van der Waals surface area (Å²) in [6.45, 7) is 0. The van der Waals surface area contributed by atoms with Crippen LogP contribution >= 0.6 is 11.7 Å². The van der Waals surface area contributed by atoms with Gasteiger partial charge in [-0.2, -0.15) is 8.75 Å². The summed E-state index contributed by atoms with van der Waals surface area (Å²) >= 11 is 1.21. The number of nitrogens with one attached hydrogen (secondary N) is 1. The second-order valence-electron chi connectivity index (χ2n) is 8.36. The van der Waals surface area contributed by atoms with Gasteiger partial charge in [-0.15, -0.1) is 0 Å². The van der Waals surface area contributed by atoms with Crippen LogP contribution in [0, 0.1) is 0 Å². The fraction of sp³-hybridized carbons (Fsp3) is 0. The number of fused-ring (bicyclic) bond motifs is 4. The zero-order valence-electron chi connectivity index (χ0n) is 18.8. The van der Waals surface area contributed by atoms with Crippen molar-refractivity contribution < 1.29 is 0 Å². The lowest BCUT2D eigenvalue weighted by molar-refractivity contribution is 1.54. The number of nitrogens with zero attached hydrogens (tertiary/aromatic N) is 2. The zero-order chi connectivity index (χ0) is 23.6. The smallest absolute Gasteiger partial charge is 0.106 e. The first kappa shape index (κ1) is 21.1. The monoisotopic (exact) mass is 470 g/mol. The minimum atomic E-state index is 0.736. The summed E-state index contributed by atoms with van der Waals surface area (Å²) in [5.41, 5.74) is 15.4. The van der Waals surface area contributed by atoms with Crippen LogP contribution in [0.1, 0.15) is 0 Å². The lowest BCUT2D eigenvalue weighted by atomic mass is 9.98. The lowest BCUT2D eigenvalue weighted by Crippen LogP contribution is -1.82. The molecule has 35 heavy (non-hydrogen) atoms. The van der Waals surface area contributed by atoms with Gasteiger partial charge in [0.25, 0.3) is 0 Å². The molecule has 0 aliphatic rings. The highest BCUT2D eigenvalue weighted by Gasteiger charge is 2.11. The molecule has 2 aromatic heterocycles. The Bertz CT molecular complexity index is 1750. The Kier molecular flexibility index (Phi) is 5.45. The van der Waals surface area contributed by atoms with Crippen molar-refractivity contribution in [2.45, 2.75) is 0 Å². The van der Waals surface area contributed by atoms with Crippen molar-refractivity contribution in [3.63, 3.8) is 0 Å². The number of nitrogen functional groups attached to an aromatic ring is 1. The molecule has 2 heterocycles. The van der Waals surface area contributed by atoms with Gasteiger partial charge in [0, 0.05) is 27.5 Å². The summed E-state index contributed by atoms with van der Waals surface area (Å²) in [7, 11) is 0. The molecule has 0 aliphatic heterocycles. The predicted molar refractivity (Wildman–Crippen MR) is 149 cm³/mol. The zero-order valence-corrected chi connectivity index (χ0v) is 19.7. The van der Waals surface area contributed by atoms with E-state index in [0.29, 0.717) is 0 Å². The molecule has 0 bridgehead atoms. The highest BCUT2D eigenvalue weighted by molar-refractivity contribution is 7.00. The van der Waals surface area contributed by atoms with Crippen molar-refractivity contribution in [1.82, 2.24) is 13.7 Å². The number of rotatable bonds is 2. The van der Waals surface area contributed by atoms with Crippen LogP contribution in [0.25, 0.3) is 55.1 Å². The lowest BCUT2D eigenvalue weighted by Gasteiger charge is -2.05. The molecule has 0 spiro atoms. The second-order valence-corrected chi connectivity index (χ2v) is 8.89. The molecule has 7 rings (SSSR count). The Morgan fingerprint density at radius 2 is 1.31 bits per heavy atom. The van der Waals surface area contributed by atoms with Gasteiger partial charge < -0.3 is 10.7 Å². The van der Waals surface area contributed by atoms with Gasteiger partial charge in [0.2, 0.25) is 0 Å². The highest BCUT2D eigenvalue weighted by Crippen LogP contribution is 2.36. The van der Waals surface area contributed by atoms with E-state index in [2.05, 4.69) is 111 Å². The average molecular weight is 471 g/mol. The summed E-state index contributed by atoms with van der Waals surface area (Å²) in [5, 5.41) is 2.57. The molecule has 7 aromatic rings. The second kappa shape index (κ2) is 9.05. The minimum Gasteiger partial charge on any atom is -0.399 e. The molecule has 0 saturated heterocycles. The van der Waals surface area contributed by atoms with Gasteiger partial charge >= 0.3 is 0 Å². The van der Waals surface area contributed by atoms with Gasteiger partial charge in [-0.05, 0) is 52.6 Å². The van der Waals surface area contributed by atoms with Gasteiger partial charge in [-0.3, -0.25) is 0 Å². The van der Waals surface area contributed by atoms with E-state index in [1.165, 1.54) is 55.8 Å². The first-order valence-electron chi connectivity index (χ1n) is 11.4. The molecule has 0 amide bonds. The van der Waals surface area contributed by atoms with E-state index < -0.39 is 0 Å². The standard InChI is InChI=1S/C24H17N.C6H5N3S/c1-3-8-17(9-4-1)19-14-15-21-23(16-19)25-22-13-7-12-20(24(21)22)18-10-5-2-6-11-18;7-4-1-2-5-6(3-4)9-10-8-5/h1-16,25H;1-3H,7H2. The van der Waals surface area contributed by atoms with E-state index in [1.54, 1.807) is 0 Å². The molecule has 0 radical (unpaired) electrons. The number of anilines is 1. The maximum atomic E-state index is 5.52. The minimum absolute atomic E-state index is 0.736. The quantitative estimate of drug-likeness (QED) is 0.252. The summed E-state index contributed by atoms with van der Waals surface area (Å²) in [5.74, 6) is 0. The van der Waals surface area contributed by atoms with Crippen molar-refractivity contribution >= 4 is 50.3 Å². The molecule has 5 heteroatoms. The summed E-state index contributed by atoms with van der Waals surface area (Å²) in [4.78, 5) is 3.60. The molecular formula is C30H22N4S. The Morgan fingerprint density at radius 1 is 0.571 bits per heavy atom. The number of hydrogen-bond acceptors (Lipinski definition) is 4. The normalized spacial score (nSPS) is 11.0. The van der Waals surface area contributed by atoms with E-state index in [-0.39, 0.29) is 0 Å². The molecule has 4 nitrogen and oxygen atoms in total. The highest BCUT2D eigenvalue weighted by atomic mass is 32.1. The van der Waals surface area contributed by atoms with Gasteiger partial charge in [-0.25, -0.2) is 0 Å². The molecule has 5 aromatic carbocycles. The molecule has 0 unspecified atom stereocenters. The molecule has 0 fully saturated rings. The third-order valence-electron chi connectivity index (χ3n) is 6.09. The van der Waals surface area contributed by atoms with Crippen LogP contribution in [0.3, 0.4) is 0 Å². The molecule has 0 atom stereocenters. The van der Waals surface area contributed by atoms with Crippen LogP contribution in [0.15, 0.2) is 115 Å². The SMILES string of the molecule is Nc1ccc2nsnc2c1.c1ccc(-c2ccc3c(c2)[nH]c2cccc(-c4ccccc4)c23)cc1. The first-order valence-corrected chi connectivity index (χ1v) is 12.1. The molecule has 0 aliphatic carbocycles. The van der Waals surface area contributed by atoms with Crippen molar-refractivity contribution in [3.8, 4) is 22.3 Å². The van der Waals surface area contributed by atoms with Crippen LogP contribution in [0.5, 0.6) is 0 Å². The first-order chi connectivity index (χ1) is 17.3. The van der Waals surface area contributed by atoms with Crippen LogP contribution in [0.2, 0.25) is 0 Å². The topological polar surface area (TPSA) is 67.6 Å². The summed E-state index contributed by atoms with van der Waals surface area (Å²) < 4.78 is 8.06. The molecule has 168 valence electrons. The Morgan fingerprint density at radius 3 is 2.11 bits per heavy atom. The van der Waals surface area contributed by atoms with E-state index in [9.17, 15) is 0 Å². The number of H-pyrrole nitrogens is 1. The Balaban J connectivity index is 0.000000191. The van der Waals surface area contributed by atoms with Gasteiger partial charge in [0.05, 0.1) is 11.7 Å². The average Bonchev–Trinajstić information content (AvgIpc) is 3.53. The van der Waals surface area contributed by atoms with Crippen molar-refractivity contribution in [3.05, 3.63) is 115 Å². The van der Waals surface area contributed by atoms with E-state index in [4.69, 9.17) is 5.73 Å². The summed E-state index contributed by atoms with van der Waals surface area (Å²) in [6.07, 6.45) is 0. The third-order valence-corrected chi connectivity index (χ3v) is 6.65. The van der Waals surface area contributed by atoms with Gasteiger partial charge in [0.1, 0.15) is 11.0 Å². The van der Waals surface area contributed by atoms with E-state index >= 15 is 0 Å². The van der Waals surface area contributed by atoms with Crippen molar-refractivity contribution in [1.29, 1.82) is 0 Å². The number of hydrogen-bond donors (Lipinski definition) is 2. The van der Waals surface area contributed by atoms with Crippen LogP contribution in [-0.4, -0.2) is 13.7 Å². The van der Waals surface area contributed by atoms with E-state index in [1.807, 2.05) is 18.2 Å². The van der Waals surface area contributed by atoms with Crippen molar-refractivity contribution in [2.24, 2.45) is 0 Å². The molecule has 3 N–H and O–H groups in total. The fourth-order valence-corrected chi connectivity index (χ4v) is 4.94. The third kappa shape index (κ3) is 4.14. The maximum absolute atomic E-state index is 5.52. The Labute approximate surface area is 207 Å². The largest absolute Gasteiger partial charge is 0.399 e. The number of benzene rings is 5. The van der Waals surface area contributed by atoms with Gasteiger partial charge in [-0.1, -0.05) is 84.9 Å². The van der Waals surface area contributed by atoms with E-state index in [0.717, 1.165) is 16.7 Å². The van der Waals surface area contributed by atoms with Gasteiger partial charge in [0.15, 0.2) is 0 Å². The number of aromatic nitrogens is 3.